The lowest BCUT2D eigenvalue weighted by Gasteiger charge is -2.20. The first-order chi connectivity index (χ1) is 15.1. The number of aromatic nitrogens is 1. The number of thiazole rings is 1. The highest BCUT2D eigenvalue weighted by molar-refractivity contribution is 7.22. The van der Waals surface area contributed by atoms with Crippen LogP contribution in [0.3, 0.4) is 0 Å². The maximum atomic E-state index is 13.5. The number of amides is 1. The van der Waals surface area contributed by atoms with Gasteiger partial charge in [-0.05, 0) is 42.0 Å². The number of anilines is 1. The molecule has 0 aliphatic heterocycles. The van der Waals surface area contributed by atoms with Gasteiger partial charge in [0.25, 0.3) is 5.91 Å². The molecular weight excluding hydrogens is 412 g/mol. The SMILES string of the molecule is COc1ccc(C(=O)N(Cc2ccccc2)c2nc3c(OC)ccc(OC)c3s2)cc1. The standard InChI is InChI=1S/C24H22N2O4S/c1-28-18-11-9-17(10-12-18)23(27)26(15-16-7-5-4-6-8-16)24-25-21-19(29-2)13-14-20(30-3)22(21)31-24/h4-14H,15H2,1-3H3. The fraction of sp³-hybridized carbons (Fsp3) is 0.167. The van der Waals surface area contributed by atoms with Crippen molar-refractivity contribution in [2.45, 2.75) is 6.54 Å². The number of ether oxygens (including phenoxy) is 3. The van der Waals surface area contributed by atoms with Crippen LogP contribution in [0.2, 0.25) is 0 Å². The van der Waals surface area contributed by atoms with Crippen molar-refractivity contribution in [1.29, 1.82) is 0 Å². The molecule has 0 saturated carbocycles. The summed E-state index contributed by atoms with van der Waals surface area (Å²) in [4.78, 5) is 20.0. The van der Waals surface area contributed by atoms with E-state index in [4.69, 9.17) is 19.2 Å². The van der Waals surface area contributed by atoms with Gasteiger partial charge >= 0.3 is 0 Å². The van der Waals surface area contributed by atoms with Crippen LogP contribution in [0, 0.1) is 0 Å². The fourth-order valence-corrected chi connectivity index (χ4v) is 4.34. The summed E-state index contributed by atoms with van der Waals surface area (Å²) in [6.45, 7) is 0.385. The van der Waals surface area contributed by atoms with Gasteiger partial charge in [-0.2, -0.15) is 0 Å². The van der Waals surface area contributed by atoms with Crippen LogP contribution < -0.4 is 19.1 Å². The number of fused-ring (bicyclic) bond motifs is 1. The van der Waals surface area contributed by atoms with Gasteiger partial charge in [-0.25, -0.2) is 4.98 Å². The molecule has 0 saturated heterocycles. The van der Waals surface area contributed by atoms with Crippen molar-refractivity contribution in [2.75, 3.05) is 26.2 Å². The second-order valence-electron chi connectivity index (χ2n) is 6.75. The maximum Gasteiger partial charge on any atom is 0.260 e. The molecule has 0 atom stereocenters. The highest BCUT2D eigenvalue weighted by atomic mass is 32.1. The monoisotopic (exact) mass is 434 g/mol. The summed E-state index contributed by atoms with van der Waals surface area (Å²) in [5, 5.41) is 0.572. The van der Waals surface area contributed by atoms with Crippen LogP contribution in [0.4, 0.5) is 5.13 Å². The molecule has 1 amide bonds. The number of carbonyl (C=O) groups is 1. The summed E-state index contributed by atoms with van der Waals surface area (Å²) < 4.78 is 17.0. The van der Waals surface area contributed by atoms with Crippen LogP contribution in [-0.2, 0) is 6.54 Å². The first kappa shape index (κ1) is 20.7. The van der Waals surface area contributed by atoms with Gasteiger partial charge in [-0.15, -0.1) is 0 Å². The highest BCUT2D eigenvalue weighted by Crippen LogP contribution is 2.40. The third kappa shape index (κ3) is 4.18. The molecule has 0 aliphatic carbocycles. The molecule has 158 valence electrons. The number of benzene rings is 3. The van der Waals surface area contributed by atoms with E-state index in [0.717, 1.165) is 10.3 Å². The van der Waals surface area contributed by atoms with Crippen LogP contribution in [0.1, 0.15) is 15.9 Å². The molecule has 7 heteroatoms. The number of rotatable bonds is 7. The zero-order valence-electron chi connectivity index (χ0n) is 17.5. The quantitative estimate of drug-likeness (QED) is 0.402. The molecule has 0 spiro atoms. The predicted octanol–water partition coefficient (Wildman–Crippen LogP) is 5.17. The van der Waals surface area contributed by atoms with E-state index in [1.165, 1.54) is 11.3 Å². The van der Waals surface area contributed by atoms with Crippen LogP contribution in [0.15, 0.2) is 66.7 Å². The Kier molecular flexibility index (Phi) is 6.04. The number of methoxy groups -OCH3 is 3. The minimum atomic E-state index is -0.150. The largest absolute Gasteiger partial charge is 0.497 e. The normalized spacial score (nSPS) is 10.7. The van der Waals surface area contributed by atoms with E-state index in [-0.39, 0.29) is 5.91 Å². The van der Waals surface area contributed by atoms with Gasteiger partial charge in [0.15, 0.2) is 5.13 Å². The van der Waals surface area contributed by atoms with E-state index < -0.39 is 0 Å². The molecule has 31 heavy (non-hydrogen) atoms. The minimum Gasteiger partial charge on any atom is -0.497 e. The molecule has 3 aromatic carbocycles. The smallest absolute Gasteiger partial charge is 0.260 e. The first-order valence-electron chi connectivity index (χ1n) is 9.66. The second-order valence-corrected chi connectivity index (χ2v) is 7.73. The third-order valence-electron chi connectivity index (χ3n) is 4.90. The molecule has 0 fully saturated rings. The lowest BCUT2D eigenvalue weighted by Crippen LogP contribution is -2.30. The highest BCUT2D eigenvalue weighted by Gasteiger charge is 2.24. The maximum absolute atomic E-state index is 13.5. The molecule has 4 aromatic rings. The second kappa shape index (κ2) is 9.06. The molecule has 0 aliphatic rings. The van der Waals surface area contributed by atoms with E-state index in [0.29, 0.717) is 40.0 Å². The van der Waals surface area contributed by atoms with E-state index in [2.05, 4.69) is 0 Å². The molecule has 0 bridgehead atoms. The third-order valence-corrected chi connectivity index (χ3v) is 5.99. The predicted molar refractivity (Wildman–Crippen MR) is 123 cm³/mol. The van der Waals surface area contributed by atoms with Gasteiger partial charge in [0.2, 0.25) is 0 Å². The van der Waals surface area contributed by atoms with Crippen molar-refractivity contribution in [3.05, 3.63) is 77.9 Å². The summed E-state index contributed by atoms with van der Waals surface area (Å²) in [5.74, 6) is 1.87. The van der Waals surface area contributed by atoms with Crippen LogP contribution in [0.25, 0.3) is 10.2 Å². The Labute approximate surface area is 184 Å². The molecule has 0 unspecified atom stereocenters. The number of carbonyl (C=O) groups excluding carboxylic acids is 1. The van der Waals surface area contributed by atoms with Gasteiger partial charge in [-0.3, -0.25) is 9.69 Å². The number of hydrogen-bond acceptors (Lipinski definition) is 6. The van der Waals surface area contributed by atoms with Crippen molar-refractivity contribution in [3.63, 3.8) is 0 Å². The van der Waals surface area contributed by atoms with E-state index in [1.807, 2.05) is 42.5 Å². The summed E-state index contributed by atoms with van der Waals surface area (Å²) in [5.41, 5.74) is 2.22. The van der Waals surface area contributed by atoms with E-state index in [1.54, 1.807) is 50.5 Å². The Morgan fingerprint density at radius 3 is 2.19 bits per heavy atom. The Bertz CT molecular complexity index is 1150. The Morgan fingerprint density at radius 1 is 0.871 bits per heavy atom. The van der Waals surface area contributed by atoms with Gasteiger partial charge < -0.3 is 14.2 Å². The van der Waals surface area contributed by atoms with Crippen LogP contribution in [-0.4, -0.2) is 32.2 Å². The van der Waals surface area contributed by atoms with Gasteiger partial charge in [-0.1, -0.05) is 41.7 Å². The van der Waals surface area contributed by atoms with Crippen LogP contribution >= 0.6 is 11.3 Å². The zero-order valence-corrected chi connectivity index (χ0v) is 18.3. The molecule has 1 heterocycles. The average molecular weight is 435 g/mol. The van der Waals surface area contributed by atoms with Crippen molar-refractivity contribution >= 4 is 32.6 Å². The van der Waals surface area contributed by atoms with Crippen molar-refractivity contribution < 1.29 is 19.0 Å². The van der Waals surface area contributed by atoms with Gasteiger partial charge in [0.1, 0.15) is 27.5 Å². The Hall–Kier alpha value is -3.58. The van der Waals surface area contributed by atoms with Crippen LogP contribution in [0.5, 0.6) is 17.2 Å². The number of hydrogen-bond donors (Lipinski definition) is 0. The summed E-state index contributed by atoms with van der Waals surface area (Å²) in [6.07, 6.45) is 0. The Morgan fingerprint density at radius 2 is 1.55 bits per heavy atom. The minimum absolute atomic E-state index is 0.150. The van der Waals surface area contributed by atoms with Crippen molar-refractivity contribution in [3.8, 4) is 17.2 Å². The first-order valence-corrected chi connectivity index (χ1v) is 10.5. The average Bonchev–Trinajstić information content (AvgIpc) is 3.27. The van der Waals surface area contributed by atoms with Gasteiger partial charge in [0, 0.05) is 5.56 Å². The summed E-state index contributed by atoms with van der Waals surface area (Å²) >= 11 is 1.40. The molecule has 6 nitrogen and oxygen atoms in total. The van der Waals surface area contributed by atoms with E-state index in [9.17, 15) is 4.79 Å². The molecule has 0 N–H and O–H groups in total. The molecular formula is C24H22N2O4S. The summed E-state index contributed by atoms with van der Waals surface area (Å²) in [6, 6.07) is 20.6. The van der Waals surface area contributed by atoms with Gasteiger partial charge in [0.05, 0.1) is 27.9 Å². The molecule has 0 radical (unpaired) electrons. The number of nitrogens with zero attached hydrogens (tertiary/aromatic N) is 2. The van der Waals surface area contributed by atoms with E-state index >= 15 is 0 Å². The molecule has 1 aromatic heterocycles. The van der Waals surface area contributed by atoms with Crippen molar-refractivity contribution in [1.82, 2.24) is 4.98 Å². The topological polar surface area (TPSA) is 60.9 Å². The lowest BCUT2D eigenvalue weighted by atomic mass is 10.1. The fourth-order valence-electron chi connectivity index (χ4n) is 3.27. The lowest BCUT2D eigenvalue weighted by molar-refractivity contribution is 0.0985. The van der Waals surface area contributed by atoms with Crippen molar-refractivity contribution in [2.24, 2.45) is 0 Å². The summed E-state index contributed by atoms with van der Waals surface area (Å²) in [7, 11) is 4.82. The molecule has 4 rings (SSSR count). The Balaban J connectivity index is 1.81. The zero-order chi connectivity index (χ0) is 21.8.